The Morgan fingerprint density at radius 3 is 1.58 bits per heavy atom. The third-order valence-electron chi connectivity index (χ3n) is 13.5. The number of hydrogen-bond acceptors (Lipinski definition) is 4. The molecule has 6 nitrogen and oxygen atoms in total. The quantitative estimate of drug-likeness (QED) is 0.245. The van der Waals surface area contributed by atoms with Crippen molar-refractivity contribution in [2.75, 3.05) is 0 Å². The highest BCUT2D eigenvalue weighted by atomic mass is 35.5. The average molecular weight is 688 g/mol. The van der Waals surface area contributed by atoms with E-state index in [-0.39, 0.29) is 22.0 Å². The van der Waals surface area contributed by atoms with Gasteiger partial charge in [0, 0.05) is 17.0 Å². The zero-order valence-electron chi connectivity index (χ0n) is 26.9. The summed E-state index contributed by atoms with van der Waals surface area (Å²) in [6.07, 6.45) is 15.5. The minimum atomic E-state index is -1.00. The van der Waals surface area contributed by atoms with Crippen molar-refractivity contribution in [2.45, 2.75) is 82.5 Å². The fraction of sp³-hybridized carbons (Fsp3) is 0.500. The first-order chi connectivity index (χ1) is 23.0. The molecule has 250 valence electrons. The third kappa shape index (κ3) is 4.80. The fourth-order valence-electron chi connectivity index (χ4n) is 12.8. The summed E-state index contributed by atoms with van der Waals surface area (Å²) in [6.45, 7) is 0. The lowest BCUT2D eigenvalue weighted by Gasteiger charge is -2.72. The highest BCUT2D eigenvalue weighted by Crippen LogP contribution is 2.78. The first kappa shape index (κ1) is 30.8. The molecule has 8 heteroatoms. The van der Waals surface area contributed by atoms with Gasteiger partial charge in [-0.15, -0.1) is 0 Å². The maximum atomic E-state index is 11.6. The van der Waals surface area contributed by atoms with Crippen molar-refractivity contribution < 1.29 is 29.3 Å². The number of rotatable bonds is 8. The Morgan fingerprint density at radius 2 is 1.08 bits per heavy atom. The van der Waals surface area contributed by atoms with E-state index in [1.807, 2.05) is 0 Å². The van der Waals surface area contributed by atoms with Gasteiger partial charge in [-0.3, -0.25) is 0 Å². The number of benzene rings is 3. The van der Waals surface area contributed by atoms with E-state index in [9.17, 15) is 19.8 Å². The first-order valence-corrected chi connectivity index (χ1v) is 18.3. The molecule has 0 spiro atoms. The van der Waals surface area contributed by atoms with Crippen LogP contribution in [0.2, 0.25) is 10.0 Å². The molecule has 2 unspecified atom stereocenters. The van der Waals surface area contributed by atoms with Crippen LogP contribution in [0, 0.1) is 40.4 Å². The molecule has 11 rings (SSSR count). The van der Waals surface area contributed by atoms with E-state index in [0.29, 0.717) is 50.3 Å². The van der Waals surface area contributed by atoms with Gasteiger partial charge in [-0.2, -0.15) is 0 Å². The van der Waals surface area contributed by atoms with Crippen molar-refractivity contribution in [3.05, 3.63) is 81.3 Å². The molecule has 0 aromatic heterocycles. The Balaban J connectivity index is 1.19. The van der Waals surface area contributed by atoms with Gasteiger partial charge in [0.25, 0.3) is 0 Å². The van der Waals surface area contributed by atoms with E-state index in [0.717, 1.165) is 42.6 Å². The molecule has 0 radical (unpaired) electrons. The van der Waals surface area contributed by atoms with Crippen molar-refractivity contribution in [2.24, 2.45) is 40.4 Å². The fourth-order valence-corrected chi connectivity index (χ4v) is 13.1. The molecule has 3 aromatic rings. The maximum Gasteiger partial charge on any atom is 0.335 e. The molecule has 0 saturated heterocycles. The molecule has 8 fully saturated rings. The van der Waals surface area contributed by atoms with Crippen LogP contribution in [0.5, 0.6) is 23.0 Å². The topological polar surface area (TPSA) is 93.1 Å². The number of carboxylic acids is 2. The van der Waals surface area contributed by atoms with E-state index < -0.39 is 11.9 Å². The Labute approximate surface area is 290 Å². The molecule has 8 aliphatic carbocycles. The highest BCUT2D eigenvalue weighted by Gasteiger charge is 2.68. The van der Waals surface area contributed by atoms with E-state index in [4.69, 9.17) is 32.7 Å². The Hall–Kier alpha value is -3.22. The number of carbonyl (C=O) groups is 2. The van der Waals surface area contributed by atoms with Gasteiger partial charge in [-0.1, -0.05) is 23.2 Å². The van der Waals surface area contributed by atoms with Crippen LogP contribution >= 0.6 is 23.2 Å². The largest absolute Gasteiger partial charge is 0.478 e. The van der Waals surface area contributed by atoms with Crippen LogP contribution in [0.25, 0.3) is 0 Å². The molecule has 2 atom stereocenters. The Bertz CT molecular complexity index is 1770. The van der Waals surface area contributed by atoms with Gasteiger partial charge in [-0.05, 0) is 166 Å². The van der Waals surface area contributed by atoms with Crippen LogP contribution in [0.4, 0.5) is 0 Å². The lowest BCUT2D eigenvalue weighted by atomic mass is 9.32. The van der Waals surface area contributed by atoms with Gasteiger partial charge in [0.15, 0.2) is 5.75 Å². The predicted octanol–water partition coefficient (Wildman–Crippen LogP) is 11.0. The molecule has 8 bridgehead atoms. The minimum absolute atomic E-state index is 0.173. The van der Waals surface area contributed by atoms with Crippen LogP contribution in [0.3, 0.4) is 0 Å². The summed E-state index contributed by atoms with van der Waals surface area (Å²) in [6, 6.07) is 14.6. The van der Waals surface area contributed by atoms with Gasteiger partial charge in [0.05, 0.1) is 16.1 Å². The van der Waals surface area contributed by atoms with Crippen LogP contribution in [0.15, 0.2) is 54.6 Å². The maximum absolute atomic E-state index is 11.6. The number of ether oxygens (including phenoxy) is 2. The van der Waals surface area contributed by atoms with Gasteiger partial charge < -0.3 is 19.7 Å². The molecule has 8 aliphatic rings. The SMILES string of the molecule is O=C(O)c1ccc(Oc2cc(Cl)c(Cl)c(Oc3ccc(C(=O)O)cc3)c2C23CC4CC(C2)CC(C25CC6CC(CC(C6)C2)C5)(C4)C3)cc1. The summed E-state index contributed by atoms with van der Waals surface area (Å²) in [5, 5.41) is 19.6. The number of carboxylic acid groups (broad SMARTS) is 2. The van der Waals surface area contributed by atoms with Crippen LogP contribution in [-0.4, -0.2) is 22.2 Å². The standard InChI is InChI=1S/C40H40Cl2O6/c41-31-13-32(47-29-5-1-27(2-6-29)36(43)44)33(35(34(31)42)48-30-7-3-28(4-8-30)37(45)46)38-14-25-12-26(15-38)20-40(19-25,21-38)39-16-22-9-23(17-39)11-24(10-22)18-39/h1-8,13,22-26H,9-12,14-21H2,(H,43,44)(H,45,46). The molecular formula is C40H40Cl2O6. The molecule has 0 amide bonds. The zero-order valence-corrected chi connectivity index (χ0v) is 28.4. The predicted molar refractivity (Wildman–Crippen MR) is 183 cm³/mol. The molecule has 8 saturated carbocycles. The Morgan fingerprint density at radius 1 is 0.625 bits per heavy atom. The van der Waals surface area contributed by atoms with Gasteiger partial charge >= 0.3 is 11.9 Å². The van der Waals surface area contributed by atoms with Crippen molar-refractivity contribution in [3.63, 3.8) is 0 Å². The summed E-state index contributed by atoms with van der Waals surface area (Å²) in [5.74, 6) is 3.94. The van der Waals surface area contributed by atoms with Crippen molar-refractivity contribution in [3.8, 4) is 23.0 Å². The number of aromatic carboxylic acids is 2. The summed E-state index contributed by atoms with van der Waals surface area (Å²) < 4.78 is 13.4. The summed E-state index contributed by atoms with van der Waals surface area (Å²) in [7, 11) is 0. The van der Waals surface area contributed by atoms with Crippen molar-refractivity contribution in [1.82, 2.24) is 0 Å². The van der Waals surface area contributed by atoms with E-state index >= 15 is 0 Å². The van der Waals surface area contributed by atoms with Gasteiger partial charge in [0.1, 0.15) is 22.3 Å². The van der Waals surface area contributed by atoms with Crippen molar-refractivity contribution >= 4 is 35.1 Å². The monoisotopic (exact) mass is 686 g/mol. The second kappa shape index (κ2) is 10.9. The van der Waals surface area contributed by atoms with E-state index in [1.54, 1.807) is 42.5 Å². The summed E-state index contributed by atoms with van der Waals surface area (Å²) >= 11 is 14.0. The second-order valence-corrected chi connectivity index (χ2v) is 17.2. The molecular weight excluding hydrogens is 647 g/mol. The molecule has 3 aromatic carbocycles. The van der Waals surface area contributed by atoms with Crippen LogP contribution in [-0.2, 0) is 5.41 Å². The van der Waals surface area contributed by atoms with Gasteiger partial charge in [-0.25, -0.2) is 9.59 Å². The lowest BCUT2D eigenvalue weighted by molar-refractivity contribution is -0.206. The molecule has 0 heterocycles. The highest BCUT2D eigenvalue weighted by molar-refractivity contribution is 6.43. The zero-order chi connectivity index (χ0) is 33.0. The summed E-state index contributed by atoms with van der Waals surface area (Å²) in [4.78, 5) is 23.2. The van der Waals surface area contributed by atoms with Crippen LogP contribution in [0.1, 0.15) is 103 Å². The van der Waals surface area contributed by atoms with E-state index in [1.165, 1.54) is 69.9 Å². The third-order valence-corrected chi connectivity index (χ3v) is 14.3. The Kier molecular flexibility index (Phi) is 6.99. The molecule has 48 heavy (non-hydrogen) atoms. The lowest BCUT2D eigenvalue weighted by Crippen LogP contribution is -2.63. The second-order valence-electron chi connectivity index (χ2n) is 16.5. The van der Waals surface area contributed by atoms with Crippen LogP contribution < -0.4 is 9.47 Å². The smallest absolute Gasteiger partial charge is 0.335 e. The van der Waals surface area contributed by atoms with Gasteiger partial charge in [0.2, 0.25) is 0 Å². The normalized spacial score (nSPS) is 35.5. The first-order valence-electron chi connectivity index (χ1n) is 17.6. The molecule has 0 aliphatic heterocycles. The molecule has 2 N–H and O–H groups in total. The van der Waals surface area contributed by atoms with E-state index in [2.05, 4.69) is 0 Å². The van der Waals surface area contributed by atoms with Crippen molar-refractivity contribution in [1.29, 1.82) is 0 Å². The number of hydrogen-bond donors (Lipinski definition) is 2. The summed E-state index contributed by atoms with van der Waals surface area (Å²) in [5.41, 5.74) is 1.76. The average Bonchev–Trinajstić information content (AvgIpc) is 3.02. The minimum Gasteiger partial charge on any atom is -0.478 e. The number of halogens is 2.